The maximum Gasteiger partial charge on any atom is -0.00690 e. The number of hydrogen-bond acceptors (Lipinski definition) is 1. The van der Waals surface area contributed by atoms with Crippen molar-refractivity contribution in [2.24, 2.45) is 5.73 Å². The van der Waals surface area contributed by atoms with Gasteiger partial charge in [0.15, 0.2) is 0 Å². The van der Waals surface area contributed by atoms with E-state index in [0.29, 0.717) is 0 Å². The summed E-state index contributed by atoms with van der Waals surface area (Å²) in [5.41, 5.74) is 8.82. The first-order valence-electron chi connectivity index (χ1n) is 6.44. The Bertz CT molecular complexity index is 333. The predicted octanol–water partition coefficient (Wildman–Crippen LogP) is 3.58. The molecule has 0 bridgehead atoms. The summed E-state index contributed by atoms with van der Waals surface area (Å²) in [7, 11) is 0. The van der Waals surface area contributed by atoms with Crippen LogP contribution >= 0.6 is 0 Å². The van der Waals surface area contributed by atoms with Crippen LogP contribution in [0.4, 0.5) is 0 Å². The summed E-state index contributed by atoms with van der Waals surface area (Å²) in [6, 6.07) is 9.22. The van der Waals surface area contributed by atoms with Gasteiger partial charge >= 0.3 is 0 Å². The summed E-state index contributed by atoms with van der Waals surface area (Å²) in [4.78, 5) is 0. The highest BCUT2D eigenvalue weighted by Gasteiger charge is 2.22. The molecule has 1 fully saturated rings. The largest absolute Gasteiger partial charge is 0.330 e. The second-order valence-corrected chi connectivity index (χ2v) is 5.67. The molecule has 16 heavy (non-hydrogen) atoms. The molecule has 0 aliphatic heterocycles. The summed E-state index contributed by atoms with van der Waals surface area (Å²) < 4.78 is 0. The fourth-order valence-corrected chi connectivity index (χ4v) is 2.45. The third-order valence-electron chi connectivity index (χ3n) is 4.04. The van der Waals surface area contributed by atoms with Crippen LogP contribution in [0.5, 0.6) is 0 Å². The molecule has 88 valence electrons. The SMILES string of the molecule is CC(C)(CCN)c1ccc(C2CCC2)cc1. The molecule has 1 aliphatic rings. The smallest absolute Gasteiger partial charge is 0.00690 e. The highest BCUT2D eigenvalue weighted by molar-refractivity contribution is 5.30. The number of rotatable bonds is 4. The second kappa shape index (κ2) is 4.58. The zero-order valence-electron chi connectivity index (χ0n) is 10.5. The summed E-state index contributed by atoms with van der Waals surface area (Å²) in [5.74, 6) is 0.840. The van der Waals surface area contributed by atoms with Crippen LogP contribution in [0.15, 0.2) is 24.3 Å². The molecule has 0 saturated heterocycles. The van der Waals surface area contributed by atoms with Crippen LogP contribution in [-0.2, 0) is 5.41 Å². The molecule has 0 heterocycles. The lowest BCUT2D eigenvalue weighted by molar-refractivity contribution is 0.419. The fourth-order valence-electron chi connectivity index (χ4n) is 2.45. The van der Waals surface area contributed by atoms with Crippen molar-refractivity contribution in [2.45, 2.75) is 50.9 Å². The maximum absolute atomic E-state index is 5.66. The Morgan fingerprint density at radius 3 is 2.25 bits per heavy atom. The Labute approximate surface area is 99.0 Å². The third-order valence-corrected chi connectivity index (χ3v) is 4.04. The summed E-state index contributed by atoms with van der Waals surface area (Å²) in [6.45, 7) is 5.31. The molecule has 0 atom stereocenters. The minimum Gasteiger partial charge on any atom is -0.330 e. The van der Waals surface area contributed by atoms with Crippen molar-refractivity contribution in [3.05, 3.63) is 35.4 Å². The van der Waals surface area contributed by atoms with Crippen LogP contribution in [-0.4, -0.2) is 6.54 Å². The van der Waals surface area contributed by atoms with E-state index < -0.39 is 0 Å². The third kappa shape index (κ3) is 2.30. The summed E-state index contributed by atoms with van der Waals surface area (Å²) in [5, 5.41) is 0. The molecule has 1 nitrogen and oxygen atoms in total. The summed E-state index contributed by atoms with van der Waals surface area (Å²) in [6.07, 6.45) is 5.22. The molecule has 0 spiro atoms. The Balaban J connectivity index is 2.11. The number of nitrogens with two attached hydrogens (primary N) is 1. The summed E-state index contributed by atoms with van der Waals surface area (Å²) >= 11 is 0. The highest BCUT2D eigenvalue weighted by atomic mass is 14.5. The van der Waals surface area contributed by atoms with Crippen molar-refractivity contribution < 1.29 is 0 Å². The molecule has 1 saturated carbocycles. The van der Waals surface area contributed by atoms with Gasteiger partial charge in [0.05, 0.1) is 0 Å². The molecule has 2 N–H and O–H groups in total. The van der Waals surface area contributed by atoms with Gasteiger partial charge < -0.3 is 5.73 Å². The second-order valence-electron chi connectivity index (χ2n) is 5.67. The van der Waals surface area contributed by atoms with Gasteiger partial charge in [-0.25, -0.2) is 0 Å². The minimum atomic E-state index is 0.215. The van der Waals surface area contributed by atoms with E-state index in [-0.39, 0.29) is 5.41 Å². The van der Waals surface area contributed by atoms with Gasteiger partial charge in [0.1, 0.15) is 0 Å². The van der Waals surface area contributed by atoms with E-state index in [9.17, 15) is 0 Å². The normalized spacial score (nSPS) is 17.2. The van der Waals surface area contributed by atoms with Gasteiger partial charge in [-0.05, 0) is 48.3 Å². The van der Waals surface area contributed by atoms with E-state index in [4.69, 9.17) is 5.73 Å². The van der Waals surface area contributed by atoms with Crippen LogP contribution in [0.25, 0.3) is 0 Å². The first-order chi connectivity index (χ1) is 7.63. The molecule has 1 heteroatoms. The van der Waals surface area contributed by atoms with Crippen LogP contribution in [0.1, 0.15) is 56.6 Å². The van der Waals surface area contributed by atoms with Crippen LogP contribution < -0.4 is 5.73 Å². The number of benzene rings is 1. The average Bonchev–Trinajstić information content (AvgIpc) is 2.16. The van der Waals surface area contributed by atoms with E-state index >= 15 is 0 Å². The van der Waals surface area contributed by atoms with E-state index in [1.807, 2.05) is 0 Å². The Hall–Kier alpha value is -0.820. The lowest BCUT2D eigenvalue weighted by Crippen LogP contribution is -2.21. The van der Waals surface area contributed by atoms with Gasteiger partial charge in [0.2, 0.25) is 0 Å². The topological polar surface area (TPSA) is 26.0 Å². The van der Waals surface area contributed by atoms with Gasteiger partial charge in [0.25, 0.3) is 0 Å². The van der Waals surface area contributed by atoms with Crippen molar-refractivity contribution in [3.63, 3.8) is 0 Å². The molecule has 1 aliphatic carbocycles. The van der Waals surface area contributed by atoms with Gasteiger partial charge in [-0.1, -0.05) is 44.5 Å². The lowest BCUT2D eigenvalue weighted by atomic mass is 9.77. The minimum absolute atomic E-state index is 0.215. The molecule has 1 aromatic carbocycles. The molecular formula is C15H23N. The maximum atomic E-state index is 5.66. The van der Waals surface area contributed by atoms with Crippen LogP contribution in [0.2, 0.25) is 0 Å². The Morgan fingerprint density at radius 1 is 1.19 bits per heavy atom. The van der Waals surface area contributed by atoms with E-state index in [2.05, 4.69) is 38.1 Å². The predicted molar refractivity (Wildman–Crippen MR) is 69.7 cm³/mol. The molecule has 0 unspecified atom stereocenters. The van der Waals surface area contributed by atoms with Crippen molar-refractivity contribution in [2.75, 3.05) is 6.54 Å². The number of hydrogen-bond donors (Lipinski definition) is 1. The zero-order chi connectivity index (χ0) is 11.6. The molecule has 0 aromatic heterocycles. The molecular weight excluding hydrogens is 194 g/mol. The van der Waals surface area contributed by atoms with E-state index in [1.54, 1.807) is 0 Å². The monoisotopic (exact) mass is 217 g/mol. The molecule has 2 rings (SSSR count). The standard InChI is InChI=1S/C15H23N/c1-15(2,10-11-16)14-8-6-13(7-9-14)12-4-3-5-12/h6-9,12H,3-5,10-11,16H2,1-2H3. The van der Waals surface area contributed by atoms with Crippen molar-refractivity contribution in [1.29, 1.82) is 0 Å². The van der Waals surface area contributed by atoms with Crippen molar-refractivity contribution in [1.82, 2.24) is 0 Å². The van der Waals surface area contributed by atoms with Crippen LogP contribution in [0.3, 0.4) is 0 Å². The molecule has 0 amide bonds. The molecule has 0 radical (unpaired) electrons. The van der Waals surface area contributed by atoms with Gasteiger partial charge in [-0.2, -0.15) is 0 Å². The molecule has 1 aromatic rings. The fraction of sp³-hybridized carbons (Fsp3) is 0.600. The Morgan fingerprint density at radius 2 is 1.81 bits per heavy atom. The van der Waals surface area contributed by atoms with E-state index in [1.165, 1.54) is 30.4 Å². The van der Waals surface area contributed by atoms with Gasteiger partial charge in [0, 0.05) is 0 Å². The quantitative estimate of drug-likeness (QED) is 0.819. The lowest BCUT2D eigenvalue weighted by Gasteiger charge is -2.28. The van der Waals surface area contributed by atoms with Crippen molar-refractivity contribution >= 4 is 0 Å². The average molecular weight is 217 g/mol. The first-order valence-corrected chi connectivity index (χ1v) is 6.44. The highest BCUT2D eigenvalue weighted by Crippen LogP contribution is 2.37. The van der Waals surface area contributed by atoms with E-state index in [0.717, 1.165) is 18.9 Å². The van der Waals surface area contributed by atoms with Gasteiger partial charge in [-0.3, -0.25) is 0 Å². The van der Waals surface area contributed by atoms with Crippen LogP contribution in [0, 0.1) is 0 Å². The zero-order valence-corrected chi connectivity index (χ0v) is 10.5. The van der Waals surface area contributed by atoms with Gasteiger partial charge in [-0.15, -0.1) is 0 Å². The van der Waals surface area contributed by atoms with Crippen molar-refractivity contribution in [3.8, 4) is 0 Å². The Kier molecular flexibility index (Phi) is 3.34. The first kappa shape index (κ1) is 11.7.